The normalized spacial score (nSPS) is 12.9. The van der Waals surface area contributed by atoms with Gasteiger partial charge in [-0.25, -0.2) is 9.97 Å². The Morgan fingerprint density at radius 3 is 1.85 bits per heavy atom. The highest BCUT2D eigenvalue weighted by Gasteiger charge is 2.21. The predicted octanol–water partition coefficient (Wildman–Crippen LogP) is 8.31. The summed E-state index contributed by atoms with van der Waals surface area (Å²) in [7, 11) is 0. The lowest BCUT2D eigenvalue weighted by molar-refractivity contribution is -0.149. The van der Waals surface area contributed by atoms with Gasteiger partial charge in [0.25, 0.3) is 0 Å². The van der Waals surface area contributed by atoms with Crippen LogP contribution in [0.15, 0.2) is 12.5 Å². The highest BCUT2D eigenvalue weighted by Crippen LogP contribution is 2.17. The van der Waals surface area contributed by atoms with E-state index in [1.165, 1.54) is 103 Å². The van der Waals surface area contributed by atoms with Crippen LogP contribution in [0.1, 0.15) is 156 Å². The van der Waals surface area contributed by atoms with Crippen LogP contribution in [0.5, 0.6) is 0 Å². The maximum absolute atomic E-state index is 12.6. The van der Waals surface area contributed by atoms with Gasteiger partial charge in [-0.05, 0) is 18.8 Å². The van der Waals surface area contributed by atoms with E-state index in [0.29, 0.717) is 30.6 Å². The Bertz CT molecular complexity index is 1110. The lowest BCUT2D eigenvalue weighted by Crippen LogP contribution is -2.37. The summed E-state index contributed by atoms with van der Waals surface area (Å²) in [6.45, 7) is 6.92. The van der Waals surface area contributed by atoms with Crippen molar-refractivity contribution in [3.63, 3.8) is 0 Å². The zero-order chi connectivity index (χ0) is 34.1. The number of hydrogen-bond donors (Lipinski definition) is 2. The van der Waals surface area contributed by atoms with Crippen molar-refractivity contribution in [3.05, 3.63) is 12.5 Å². The lowest BCUT2D eigenvalue weighted by atomic mass is 10.0. The minimum absolute atomic E-state index is 0.00855. The standard InChI is InChI=1S/C37H66N6O4/c1-4-5-6-7-8-9-10-11-12-13-14-15-16-17-18-19-20-21-22-23-33(44)47-28-31(24-25-46-36(45)34(38)30(2)3)27-43-29-41-32-26-40-37(39)42-35(32)43/h26,29-31,34H,4-25,27-28,38H2,1-3H3,(H2,39,40,42)/t31-,34+/m1/s1. The predicted molar refractivity (Wildman–Crippen MR) is 191 cm³/mol. The summed E-state index contributed by atoms with van der Waals surface area (Å²) in [5, 5.41) is 0. The zero-order valence-corrected chi connectivity index (χ0v) is 29.9. The fourth-order valence-corrected chi connectivity index (χ4v) is 5.83. The number of esters is 2. The zero-order valence-electron chi connectivity index (χ0n) is 29.9. The van der Waals surface area contributed by atoms with E-state index >= 15 is 0 Å². The molecule has 47 heavy (non-hydrogen) atoms. The second-order valence-corrected chi connectivity index (χ2v) is 13.7. The first-order valence-corrected chi connectivity index (χ1v) is 18.8. The molecule has 268 valence electrons. The van der Waals surface area contributed by atoms with E-state index in [9.17, 15) is 9.59 Å². The Labute approximate surface area is 284 Å². The first-order chi connectivity index (χ1) is 22.8. The van der Waals surface area contributed by atoms with Crippen molar-refractivity contribution in [2.45, 2.75) is 168 Å². The molecule has 0 unspecified atom stereocenters. The number of unbranched alkanes of at least 4 members (excludes halogenated alkanes) is 18. The number of ether oxygens (including phenoxy) is 2. The SMILES string of the molecule is CCCCCCCCCCCCCCCCCCCCCC(=O)OC[C@H](CCOC(=O)[C@@H](N)C(C)C)Cn1cnc2cnc(N)nc21. The molecule has 0 spiro atoms. The Morgan fingerprint density at radius 2 is 1.32 bits per heavy atom. The van der Waals surface area contributed by atoms with E-state index in [0.717, 1.165) is 19.3 Å². The summed E-state index contributed by atoms with van der Waals surface area (Å²) >= 11 is 0. The fraction of sp³-hybridized carbons (Fsp3) is 0.811. The van der Waals surface area contributed by atoms with Gasteiger partial charge in [0.2, 0.25) is 5.95 Å². The van der Waals surface area contributed by atoms with Crippen LogP contribution < -0.4 is 11.5 Å². The van der Waals surface area contributed by atoms with Crippen LogP contribution in [0.3, 0.4) is 0 Å². The molecule has 0 aliphatic heterocycles. The molecule has 0 aliphatic rings. The highest BCUT2D eigenvalue weighted by molar-refractivity contribution is 5.75. The van der Waals surface area contributed by atoms with Gasteiger partial charge in [0, 0.05) is 18.9 Å². The minimum Gasteiger partial charge on any atom is -0.465 e. The summed E-state index contributed by atoms with van der Waals surface area (Å²) in [4.78, 5) is 37.4. The maximum atomic E-state index is 12.6. The monoisotopic (exact) mass is 659 g/mol. The number of imidazole rings is 1. The third kappa shape index (κ3) is 18.4. The number of rotatable bonds is 29. The molecular weight excluding hydrogens is 592 g/mol. The Hall–Kier alpha value is -2.75. The number of nitrogens with two attached hydrogens (primary N) is 2. The van der Waals surface area contributed by atoms with Crippen molar-refractivity contribution in [3.8, 4) is 0 Å². The number of fused-ring (bicyclic) bond motifs is 1. The summed E-state index contributed by atoms with van der Waals surface area (Å²) in [6.07, 6.45) is 29.3. The molecule has 0 aromatic carbocycles. The second kappa shape index (κ2) is 25.3. The number of carbonyl (C=O) groups excluding carboxylic acids is 2. The molecule has 0 aliphatic carbocycles. The van der Waals surface area contributed by atoms with Gasteiger partial charge in [-0.2, -0.15) is 4.98 Å². The van der Waals surface area contributed by atoms with E-state index in [4.69, 9.17) is 20.9 Å². The van der Waals surface area contributed by atoms with Gasteiger partial charge in [0.15, 0.2) is 5.65 Å². The molecular formula is C37H66N6O4. The van der Waals surface area contributed by atoms with Crippen molar-refractivity contribution < 1.29 is 19.1 Å². The Morgan fingerprint density at radius 1 is 0.787 bits per heavy atom. The molecule has 0 saturated carbocycles. The summed E-state index contributed by atoms with van der Waals surface area (Å²) in [5.74, 6) is -0.568. The topological polar surface area (TPSA) is 148 Å². The molecule has 10 nitrogen and oxygen atoms in total. The summed E-state index contributed by atoms with van der Waals surface area (Å²) in [5.41, 5.74) is 13.0. The van der Waals surface area contributed by atoms with Crippen LogP contribution in [-0.4, -0.2) is 50.7 Å². The molecule has 2 rings (SSSR count). The molecule has 10 heteroatoms. The van der Waals surface area contributed by atoms with E-state index in [2.05, 4.69) is 21.9 Å². The molecule has 0 amide bonds. The number of hydrogen-bond acceptors (Lipinski definition) is 9. The molecule has 2 aromatic heterocycles. The average Bonchev–Trinajstić information content (AvgIpc) is 3.45. The van der Waals surface area contributed by atoms with Crippen LogP contribution in [0.2, 0.25) is 0 Å². The van der Waals surface area contributed by atoms with E-state index in [-0.39, 0.29) is 37.0 Å². The molecule has 2 heterocycles. The highest BCUT2D eigenvalue weighted by atomic mass is 16.5. The van der Waals surface area contributed by atoms with E-state index in [1.807, 2.05) is 18.4 Å². The van der Waals surface area contributed by atoms with Crippen LogP contribution in [-0.2, 0) is 25.6 Å². The summed E-state index contributed by atoms with van der Waals surface area (Å²) < 4.78 is 13.0. The Kier molecular flexibility index (Phi) is 21.8. The second-order valence-electron chi connectivity index (χ2n) is 13.7. The van der Waals surface area contributed by atoms with Gasteiger partial charge >= 0.3 is 11.9 Å². The van der Waals surface area contributed by atoms with Gasteiger partial charge in [0.1, 0.15) is 11.6 Å². The van der Waals surface area contributed by atoms with Crippen LogP contribution in [0.25, 0.3) is 11.2 Å². The van der Waals surface area contributed by atoms with E-state index < -0.39 is 12.0 Å². The molecule has 2 aromatic rings. The Balaban J connectivity index is 1.55. The van der Waals surface area contributed by atoms with Gasteiger partial charge < -0.3 is 25.5 Å². The third-order valence-corrected chi connectivity index (χ3v) is 9.06. The minimum atomic E-state index is -0.664. The molecule has 0 bridgehead atoms. The molecule has 0 radical (unpaired) electrons. The fourth-order valence-electron chi connectivity index (χ4n) is 5.83. The van der Waals surface area contributed by atoms with Gasteiger partial charge in [-0.3, -0.25) is 9.59 Å². The molecule has 0 saturated heterocycles. The third-order valence-electron chi connectivity index (χ3n) is 9.06. The van der Waals surface area contributed by atoms with Gasteiger partial charge in [-0.15, -0.1) is 0 Å². The van der Waals surface area contributed by atoms with Gasteiger partial charge in [-0.1, -0.05) is 136 Å². The van der Waals surface area contributed by atoms with Crippen molar-refractivity contribution in [1.82, 2.24) is 19.5 Å². The van der Waals surface area contributed by atoms with Crippen molar-refractivity contribution in [1.29, 1.82) is 0 Å². The smallest absolute Gasteiger partial charge is 0.323 e. The first-order valence-electron chi connectivity index (χ1n) is 18.8. The quantitative estimate of drug-likeness (QED) is 0.0650. The summed E-state index contributed by atoms with van der Waals surface area (Å²) in [6, 6.07) is -0.664. The van der Waals surface area contributed by atoms with Crippen molar-refractivity contribution in [2.75, 3.05) is 18.9 Å². The van der Waals surface area contributed by atoms with Gasteiger partial charge in [0.05, 0.1) is 25.7 Å². The number of nitrogens with zero attached hydrogens (tertiary/aromatic N) is 4. The molecule has 2 atom stereocenters. The van der Waals surface area contributed by atoms with Crippen LogP contribution in [0.4, 0.5) is 5.95 Å². The number of nitrogen functional groups attached to an aromatic ring is 1. The number of carbonyl (C=O) groups is 2. The molecule has 4 N–H and O–H groups in total. The largest absolute Gasteiger partial charge is 0.465 e. The maximum Gasteiger partial charge on any atom is 0.323 e. The lowest BCUT2D eigenvalue weighted by Gasteiger charge is -2.19. The van der Waals surface area contributed by atoms with Crippen LogP contribution in [0, 0.1) is 11.8 Å². The van der Waals surface area contributed by atoms with Crippen molar-refractivity contribution in [2.24, 2.45) is 17.6 Å². The number of anilines is 1. The van der Waals surface area contributed by atoms with Crippen LogP contribution >= 0.6 is 0 Å². The first kappa shape index (κ1) is 40.4. The van der Waals surface area contributed by atoms with Crippen molar-refractivity contribution >= 4 is 29.1 Å². The molecule has 0 fully saturated rings. The number of aromatic nitrogens is 4. The van der Waals surface area contributed by atoms with E-state index in [1.54, 1.807) is 12.5 Å². The average molecular weight is 659 g/mol.